The molecule has 0 fully saturated rings. The van der Waals surface area contributed by atoms with Crippen LogP contribution in [0.1, 0.15) is 33.1 Å². The molecule has 0 radical (unpaired) electrons. The highest BCUT2D eigenvalue weighted by molar-refractivity contribution is 5.76. The van der Waals surface area contributed by atoms with E-state index in [1.54, 1.807) is 14.0 Å². The number of methoxy groups -OCH3 is 1. The Labute approximate surface area is 97.3 Å². The van der Waals surface area contributed by atoms with Gasteiger partial charge in [-0.05, 0) is 13.3 Å². The zero-order valence-corrected chi connectivity index (χ0v) is 10.5. The van der Waals surface area contributed by atoms with Crippen molar-refractivity contribution in [2.75, 3.05) is 20.3 Å². The van der Waals surface area contributed by atoms with Crippen molar-refractivity contribution in [3.63, 3.8) is 0 Å². The van der Waals surface area contributed by atoms with Crippen LogP contribution in [0.25, 0.3) is 0 Å². The summed E-state index contributed by atoms with van der Waals surface area (Å²) in [4.78, 5) is 11.4. The minimum atomic E-state index is -0.929. The minimum absolute atomic E-state index is 0.107. The molecule has 2 atom stereocenters. The minimum Gasteiger partial charge on any atom is -0.388 e. The van der Waals surface area contributed by atoms with Crippen molar-refractivity contribution in [3.05, 3.63) is 0 Å². The highest BCUT2D eigenvalue weighted by Gasteiger charge is 2.21. The van der Waals surface area contributed by atoms with E-state index >= 15 is 0 Å². The Morgan fingerprint density at radius 3 is 2.75 bits per heavy atom. The molecule has 2 unspecified atom stereocenters. The van der Waals surface area contributed by atoms with Crippen molar-refractivity contribution in [1.29, 1.82) is 0 Å². The van der Waals surface area contributed by atoms with Gasteiger partial charge in [-0.2, -0.15) is 0 Å². The van der Waals surface area contributed by atoms with E-state index in [4.69, 9.17) is 10.5 Å². The Hall–Kier alpha value is -0.650. The Kier molecular flexibility index (Phi) is 7.29. The molecule has 0 saturated carbocycles. The number of nitrogens with two attached hydrogens (primary N) is 1. The Bertz CT molecular complexity index is 207. The second kappa shape index (κ2) is 7.60. The summed E-state index contributed by atoms with van der Waals surface area (Å²) in [7, 11) is 1.58. The molecule has 96 valence electrons. The number of carbonyl (C=O) groups excluding carboxylic acids is 1. The van der Waals surface area contributed by atoms with Crippen molar-refractivity contribution >= 4 is 5.91 Å². The molecule has 0 aromatic heterocycles. The smallest absolute Gasteiger partial charge is 0.221 e. The Balaban J connectivity index is 3.81. The number of hydrogen-bond donors (Lipinski definition) is 3. The summed E-state index contributed by atoms with van der Waals surface area (Å²) in [6, 6.07) is -0.107. The highest BCUT2D eigenvalue weighted by Crippen LogP contribution is 2.07. The van der Waals surface area contributed by atoms with E-state index in [2.05, 4.69) is 5.32 Å². The SMILES string of the molecule is CCC(N)CC(=O)NCC(C)(O)CCOC. The number of ether oxygens (including phenoxy) is 1. The third kappa shape index (κ3) is 7.62. The van der Waals surface area contributed by atoms with Gasteiger partial charge in [-0.1, -0.05) is 6.92 Å². The summed E-state index contributed by atoms with van der Waals surface area (Å²) < 4.78 is 4.87. The van der Waals surface area contributed by atoms with Gasteiger partial charge in [0.25, 0.3) is 0 Å². The maximum atomic E-state index is 11.4. The highest BCUT2D eigenvalue weighted by atomic mass is 16.5. The van der Waals surface area contributed by atoms with Crippen LogP contribution >= 0.6 is 0 Å². The van der Waals surface area contributed by atoms with Gasteiger partial charge in [-0.3, -0.25) is 4.79 Å². The molecule has 0 aliphatic heterocycles. The molecular formula is C11H24N2O3. The lowest BCUT2D eigenvalue weighted by molar-refractivity contribution is -0.122. The summed E-state index contributed by atoms with van der Waals surface area (Å²) in [6.45, 7) is 4.31. The van der Waals surface area contributed by atoms with Gasteiger partial charge in [0.05, 0.1) is 5.60 Å². The zero-order chi connectivity index (χ0) is 12.6. The molecule has 16 heavy (non-hydrogen) atoms. The fourth-order valence-corrected chi connectivity index (χ4v) is 1.15. The largest absolute Gasteiger partial charge is 0.388 e. The third-order valence-electron chi connectivity index (χ3n) is 2.48. The number of nitrogens with one attached hydrogen (secondary N) is 1. The van der Waals surface area contributed by atoms with Crippen molar-refractivity contribution < 1.29 is 14.6 Å². The fourth-order valence-electron chi connectivity index (χ4n) is 1.15. The molecule has 1 amide bonds. The Morgan fingerprint density at radius 1 is 1.62 bits per heavy atom. The number of hydrogen-bond acceptors (Lipinski definition) is 4. The molecule has 0 rings (SSSR count). The lowest BCUT2D eigenvalue weighted by Gasteiger charge is -2.23. The van der Waals surface area contributed by atoms with Crippen LogP contribution in [-0.2, 0) is 9.53 Å². The van der Waals surface area contributed by atoms with Crippen LogP contribution in [0.3, 0.4) is 0 Å². The van der Waals surface area contributed by atoms with E-state index in [0.717, 1.165) is 6.42 Å². The normalized spacial score (nSPS) is 16.6. The predicted molar refractivity (Wildman–Crippen MR) is 63.0 cm³/mol. The third-order valence-corrected chi connectivity index (χ3v) is 2.48. The second-order valence-electron chi connectivity index (χ2n) is 4.39. The quantitative estimate of drug-likeness (QED) is 0.550. The summed E-state index contributed by atoms with van der Waals surface area (Å²) in [6.07, 6.45) is 1.56. The van der Waals surface area contributed by atoms with Crippen LogP contribution < -0.4 is 11.1 Å². The molecule has 0 bridgehead atoms. The molecule has 5 nitrogen and oxygen atoms in total. The molecule has 0 spiro atoms. The van der Waals surface area contributed by atoms with Gasteiger partial charge in [0.15, 0.2) is 0 Å². The van der Waals surface area contributed by atoms with Crippen molar-refractivity contribution in [2.45, 2.75) is 44.8 Å². The molecular weight excluding hydrogens is 208 g/mol. The van der Waals surface area contributed by atoms with Crippen LogP contribution in [0.5, 0.6) is 0 Å². The predicted octanol–water partition coefficient (Wildman–Crippen LogP) is 0.0175. The molecule has 0 heterocycles. The number of amides is 1. The van der Waals surface area contributed by atoms with Crippen LogP contribution in [0.4, 0.5) is 0 Å². The monoisotopic (exact) mass is 232 g/mol. The summed E-state index contributed by atoms with van der Waals surface area (Å²) in [5.74, 6) is -0.118. The lowest BCUT2D eigenvalue weighted by atomic mass is 10.0. The fraction of sp³-hybridized carbons (Fsp3) is 0.909. The molecule has 0 aliphatic carbocycles. The first-order chi connectivity index (χ1) is 7.41. The van der Waals surface area contributed by atoms with Gasteiger partial charge < -0.3 is 20.9 Å². The number of rotatable bonds is 8. The van der Waals surface area contributed by atoms with E-state index in [0.29, 0.717) is 19.4 Å². The first kappa shape index (κ1) is 15.3. The number of aliphatic hydroxyl groups is 1. The molecule has 0 aromatic rings. The molecule has 5 heteroatoms. The van der Waals surface area contributed by atoms with Gasteiger partial charge in [-0.25, -0.2) is 0 Å². The lowest BCUT2D eigenvalue weighted by Crippen LogP contribution is -2.42. The Morgan fingerprint density at radius 2 is 2.25 bits per heavy atom. The van der Waals surface area contributed by atoms with Crippen LogP contribution in [-0.4, -0.2) is 42.9 Å². The van der Waals surface area contributed by atoms with Crippen LogP contribution in [0.15, 0.2) is 0 Å². The van der Waals surface area contributed by atoms with E-state index < -0.39 is 5.60 Å². The average molecular weight is 232 g/mol. The zero-order valence-electron chi connectivity index (χ0n) is 10.5. The van der Waals surface area contributed by atoms with E-state index in [1.165, 1.54) is 0 Å². The van der Waals surface area contributed by atoms with Crippen molar-refractivity contribution in [3.8, 4) is 0 Å². The first-order valence-corrected chi connectivity index (χ1v) is 5.65. The first-order valence-electron chi connectivity index (χ1n) is 5.65. The standard InChI is InChI=1S/C11H24N2O3/c1-4-9(12)7-10(14)13-8-11(2,15)5-6-16-3/h9,15H,4-8,12H2,1-3H3,(H,13,14). The van der Waals surface area contributed by atoms with Gasteiger partial charge in [0, 0.05) is 39.1 Å². The van der Waals surface area contributed by atoms with E-state index in [-0.39, 0.29) is 18.5 Å². The average Bonchev–Trinajstić information content (AvgIpc) is 2.24. The van der Waals surface area contributed by atoms with Gasteiger partial charge in [0.1, 0.15) is 0 Å². The summed E-state index contributed by atoms with van der Waals surface area (Å²) in [5.41, 5.74) is 4.72. The van der Waals surface area contributed by atoms with Crippen LogP contribution in [0.2, 0.25) is 0 Å². The molecule has 4 N–H and O–H groups in total. The number of carbonyl (C=O) groups is 1. The van der Waals surface area contributed by atoms with Crippen molar-refractivity contribution in [2.24, 2.45) is 5.73 Å². The maximum absolute atomic E-state index is 11.4. The summed E-state index contributed by atoms with van der Waals surface area (Å²) >= 11 is 0. The second-order valence-corrected chi connectivity index (χ2v) is 4.39. The van der Waals surface area contributed by atoms with Crippen LogP contribution in [0, 0.1) is 0 Å². The van der Waals surface area contributed by atoms with Gasteiger partial charge in [-0.15, -0.1) is 0 Å². The molecule has 0 aromatic carbocycles. The van der Waals surface area contributed by atoms with Crippen molar-refractivity contribution in [1.82, 2.24) is 5.32 Å². The van der Waals surface area contributed by atoms with Gasteiger partial charge in [0.2, 0.25) is 5.91 Å². The molecule has 0 aliphatic rings. The van der Waals surface area contributed by atoms with E-state index in [9.17, 15) is 9.90 Å². The van der Waals surface area contributed by atoms with E-state index in [1.807, 2.05) is 6.92 Å². The maximum Gasteiger partial charge on any atom is 0.221 e. The van der Waals surface area contributed by atoms with Gasteiger partial charge >= 0.3 is 0 Å². The topological polar surface area (TPSA) is 84.6 Å². The molecule has 0 saturated heterocycles. The summed E-state index contributed by atoms with van der Waals surface area (Å²) in [5, 5.41) is 12.5.